The van der Waals surface area contributed by atoms with Crippen LogP contribution in [0, 0.1) is 11.8 Å². The molecule has 1 fully saturated rings. The molecule has 4 nitrogen and oxygen atoms in total. The molecule has 4 heteroatoms. The predicted molar refractivity (Wildman–Crippen MR) is 106 cm³/mol. The molecule has 3 atom stereocenters. The van der Waals surface area contributed by atoms with Crippen LogP contribution in [-0.4, -0.2) is 10.9 Å². The number of carbonyl (C=O) groups is 1. The maximum Gasteiger partial charge on any atom is 0.261 e. The van der Waals surface area contributed by atoms with E-state index in [1.165, 1.54) is 0 Å². The van der Waals surface area contributed by atoms with Gasteiger partial charge in [0.1, 0.15) is 5.56 Å². The highest BCUT2D eigenvalue weighted by Crippen LogP contribution is 2.46. The number of nitrogens with one attached hydrogen (secondary N) is 2. The van der Waals surface area contributed by atoms with Crippen LogP contribution < -0.4 is 10.9 Å². The van der Waals surface area contributed by atoms with E-state index in [9.17, 15) is 9.59 Å². The number of aromatic amines is 1. The lowest BCUT2D eigenvalue weighted by Gasteiger charge is -2.19. The van der Waals surface area contributed by atoms with Crippen molar-refractivity contribution in [1.82, 2.24) is 10.3 Å². The fourth-order valence-electron chi connectivity index (χ4n) is 3.57. The molecule has 0 spiro atoms. The molecule has 3 aromatic rings. The number of hydrogen-bond donors (Lipinski definition) is 2. The van der Waals surface area contributed by atoms with E-state index in [4.69, 9.17) is 0 Å². The van der Waals surface area contributed by atoms with E-state index in [-0.39, 0.29) is 23.1 Å². The lowest BCUT2D eigenvalue weighted by atomic mass is 10.0. The molecule has 1 aliphatic rings. The van der Waals surface area contributed by atoms with Crippen molar-refractivity contribution < 1.29 is 4.79 Å². The van der Waals surface area contributed by atoms with Gasteiger partial charge in [0.05, 0.1) is 6.04 Å². The summed E-state index contributed by atoms with van der Waals surface area (Å²) in [5, 5.41) is 3.08. The second-order valence-corrected chi connectivity index (χ2v) is 7.22. The van der Waals surface area contributed by atoms with Crippen LogP contribution >= 0.6 is 0 Å². The minimum absolute atomic E-state index is 0.0677. The Balaban J connectivity index is 1.58. The van der Waals surface area contributed by atoms with E-state index in [1.54, 1.807) is 12.1 Å². The van der Waals surface area contributed by atoms with Crippen LogP contribution in [-0.2, 0) is 0 Å². The van der Waals surface area contributed by atoms with Crippen LogP contribution in [0.5, 0.6) is 0 Å². The molecule has 1 amide bonds. The van der Waals surface area contributed by atoms with Crippen LogP contribution in [0.3, 0.4) is 0 Å². The van der Waals surface area contributed by atoms with Crippen molar-refractivity contribution in [2.75, 3.05) is 0 Å². The van der Waals surface area contributed by atoms with Gasteiger partial charge in [-0.2, -0.15) is 0 Å². The first-order valence-corrected chi connectivity index (χ1v) is 9.28. The van der Waals surface area contributed by atoms with Gasteiger partial charge in [0.15, 0.2) is 0 Å². The molecule has 0 radical (unpaired) electrons. The molecule has 2 N–H and O–H groups in total. The molecule has 0 saturated heterocycles. The van der Waals surface area contributed by atoms with Gasteiger partial charge >= 0.3 is 0 Å². The third-order valence-electron chi connectivity index (χ3n) is 5.28. The summed E-state index contributed by atoms with van der Waals surface area (Å²) < 4.78 is 0. The van der Waals surface area contributed by atoms with Gasteiger partial charge in [0, 0.05) is 5.69 Å². The molecule has 27 heavy (non-hydrogen) atoms. The maximum absolute atomic E-state index is 12.8. The minimum atomic E-state index is -0.371. The topological polar surface area (TPSA) is 62.0 Å². The fourth-order valence-corrected chi connectivity index (χ4v) is 3.57. The van der Waals surface area contributed by atoms with Crippen molar-refractivity contribution in [1.29, 1.82) is 0 Å². The van der Waals surface area contributed by atoms with Gasteiger partial charge in [-0.1, -0.05) is 67.6 Å². The van der Waals surface area contributed by atoms with Gasteiger partial charge in [0.25, 0.3) is 11.5 Å². The number of amides is 1. The Morgan fingerprint density at radius 2 is 1.63 bits per heavy atom. The molecule has 2 aromatic carbocycles. The Hall–Kier alpha value is -3.14. The number of benzene rings is 2. The molecule has 1 aromatic heterocycles. The Morgan fingerprint density at radius 1 is 1.00 bits per heavy atom. The van der Waals surface area contributed by atoms with Crippen LogP contribution in [0.4, 0.5) is 0 Å². The summed E-state index contributed by atoms with van der Waals surface area (Å²) in [5.74, 6) is 0.664. The summed E-state index contributed by atoms with van der Waals surface area (Å²) in [6.45, 7) is 2.19. The summed E-state index contributed by atoms with van der Waals surface area (Å²) >= 11 is 0. The van der Waals surface area contributed by atoms with E-state index in [2.05, 4.69) is 17.2 Å². The predicted octanol–water partition coefficient (Wildman–Crippen LogP) is 4.17. The van der Waals surface area contributed by atoms with Crippen molar-refractivity contribution in [3.05, 3.63) is 94.3 Å². The molecule has 4 rings (SSSR count). The smallest absolute Gasteiger partial charge is 0.261 e. The Labute approximate surface area is 158 Å². The highest BCUT2D eigenvalue weighted by Gasteiger charge is 2.41. The molecular formula is C23H22N2O2. The average molecular weight is 358 g/mol. The largest absolute Gasteiger partial charge is 0.345 e. The Bertz CT molecular complexity index is 996. The van der Waals surface area contributed by atoms with E-state index in [0.717, 1.165) is 17.5 Å². The molecule has 0 bridgehead atoms. The van der Waals surface area contributed by atoms with Gasteiger partial charge in [-0.15, -0.1) is 0 Å². The maximum atomic E-state index is 12.8. The quantitative estimate of drug-likeness (QED) is 0.719. The zero-order valence-corrected chi connectivity index (χ0v) is 15.2. The normalized spacial score (nSPS) is 19.3. The van der Waals surface area contributed by atoms with Crippen molar-refractivity contribution in [2.45, 2.75) is 19.4 Å². The van der Waals surface area contributed by atoms with Crippen molar-refractivity contribution in [3.63, 3.8) is 0 Å². The fraction of sp³-hybridized carbons (Fsp3) is 0.217. The zero-order chi connectivity index (χ0) is 18.8. The van der Waals surface area contributed by atoms with Crippen molar-refractivity contribution in [3.8, 4) is 11.3 Å². The number of aromatic nitrogens is 1. The summed E-state index contributed by atoms with van der Waals surface area (Å²) in [4.78, 5) is 28.1. The van der Waals surface area contributed by atoms with E-state index >= 15 is 0 Å². The van der Waals surface area contributed by atoms with E-state index in [1.807, 2.05) is 60.7 Å². The van der Waals surface area contributed by atoms with Crippen molar-refractivity contribution in [2.24, 2.45) is 11.8 Å². The third kappa shape index (κ3) is 3.70. The van der Waals surface area contributed by atoms with Crippen LogP contribution in [0.2, 0.25) is 0 Å². The Morgan fingerprint density at radius 3 is 2.22 bits per heavy atom. The lowest BCUT2D eigenvalue weighted by molar-refractivity contribution is 0.0929. The van der Waals surface area contributed by atoms with E-state index in [0.29, 0.717) is 17.5 Å². The Kier molecular flexibility index (Phi) is 4.63. The number of carbonyl (C=O) groups excluding carboxylic acids is 1. The molecule has 1 aliphatic carbocycles. The second-order valence-electron chi connectivity index (χ2n) is 7.22. The van der Waals surface area contributed by atoms with Gasteiger partial charge in [-0.05, 0) is 41.5 Å². The number of pyridine rings is 1. The first-order valence-electron chi connectivity index (χ1n) is 9.28. The SMILES string of the molecule is CC1CC1C(NC(=O)c1ccc(-c2ccccc2)[nH]c1=O)c1ccccc1. The first kappa shape index (κ1) is 17.3. The summed E-state index contributed by atoms with van der Waals surface area (Å²) in [6, 6.07) is 22.9. The average Bonchev–Trinajstić information content (AvgIpc) is 3.43. The molecular weight excluding hydrogens is 336 g/mol. The highest BCUT2D eigenvalue weighted by molar-refractivity contribution is 5.94. The number of rotatable bonds is 5. The van der Waals surface area contributed by atoms with Crippen molar-refractivity contribution >= 4 is 5.91 Å². The van der Waals surface area contributed by atoms with Gasteiger partial charge in [-0.25, -0.2) is 0 Å². The van der Waals surface area contributed by atoms with Gasteiger partial charge in [-0.3, -0.25) is 9.59 Å². The monoisotopic (exact) mass is 358 g/mol. The van der Waals surface area contributed by atoms with Gasteiger partial charge < -0.3 is 10.3 Å². The lowest BCUT2D eigenvalue weighted by Crippen LogP contribution is -2.34. The minimum Gasteiger partial charge on any atom is -0.345 e. The van der Waals surface area contributed by atoms with Crippen LogP contribution in [0.15, 0.2) is 77.6 Å². The molecule has 0 aliphatic heterocycles. The molecule has 1 saturated carbocycles. The third-order valence-corrected chi connectivity index (χ3v) is 5.28. The number of H-pyrrole nitrogens is 1. The molecule has 3 unspecified atom stereocenters. The zero-order valence-electron chi connectivity index (χ0n) is 15.2. The van der Waals surface area contributed by atoms with Gasteiger partial charge in [0.2, 0.25) is 0 Å². The van der Waals surface area contributed by atoms with Crippen LogP contribution in [0.25, 0.3) is 11.3 Å². The second kappa shape index (κ2) is 7.23. The molecule has 1 heterocycles. The standard InChI is InChI=1S/C23H22N2O2/c1-15-14-19(15)21(17-10-6-3-7-11-17)25-23(27)18-12-13-20(24-22(18)26)16-8-4-2-5-9-16/h2-13,15,19,21H,14H2,1H3,(H,24,26)(H,25,27). The van der Waals surface area contributed by atoms with Crippen LogP contribution in [0.1, 0.15) is 35.3 Å². The summed E-state index contributed by atoms with van der Waals surface area (Å²) in [6.07, 6.45) is 1.09. The first-order chi connectivity index (χ1) is 13.1. The molecule has 136 valence electrons. The highest BCUT2D eigenvalue weighted by atomic mass is 16.2. The van der Waals surface area contributed by atoms with E-state index < -0.39 is 0 Å². The summed E-state index contributed by atoms with van der Waals surface area (Å²) in [5.41, 5.74) is 2.47. The summed E-state index contributed by atoms with van der Waals surface area (Å²) in [7, 11) is 0. The number of hydrogen-bond acceptors (Lipinski definition) is 2.